The monoisotopic (exact) mass is 495 g/mol. The Morgan fingerprint density at radius 1 is 1.24 bits per heavy atom. The van der Waals surface area contributed by atoms with Crippen LogP contribution in [0.3, 0.4) is 0 Å². The van der Waals surface area contributed by atoms with E-state index in [-0.39, 0.29) is 11.9 Å². The molecule has 0 saturated heterocycles. The van der Waals surface area contributed by atoms with E-state index in [1.807, 2.05) is 43.6 Å². The number of nitrogens with one attached hydrogen (secondary N) is 2. The first-order valence-corrected chi connectivity index (χ1v) is 12.4. The zero-order valence-corrected chi connectivity index (χ0v) is 20.9. The van der Waals surface area contributed by atoms with Gasteiger partial charge >= 0.3 is 0 Å². The van der Waals surface area contributed by atoms with E-state index in [9.17, 15) is 4.79 Å². The number of aromatic nitrogens is 3. The predicted molar refractivity (Wildman–Crippen MR) is 135 cm³/mol. The van der Waals surface area contributed by atoms with Crippen molar-refractivity contribution in [3.8, 4) is 5.00 Å². The summed E-state index contributed by atoms with van der Waals surface area (Å²) >= 11 is 7.88. The van der Waals surface area contributed by atoms with Gasteiger partial charge in [0.05, 0.1) is 12.4 Å². The summed E-state index contributed by atoms with van der Waals surface area (Å²) in [7, 11) is 0. The van der Waals surface area contributed by atoms with E-state index in [4.69, 9.17) is 16.6 Å². The molecule has 2 aliphatic rings. The molecule has 1 atom stereocenters. The number of carbonyl (C=O) groups excluding carboxylic acids is 1. The number of thiophene rings is 1. The van der Waals surface area contributed by atoms with Crippen LogP contribution in [0, 0.1) is 20.8 Å². The summed E-state index contributed by atoms with van der Waals surface area (Å²) in [5.74, 6) is 1.52. The second-order valence-electron chi connectivity index (χ2n) is 8.45. The minimum Gasteiger partial charge on any atom is -0.373 e. The number of aryl methyl sites for hydroxylation is 2. The zero-order valence-electron chi connectivity index (χ0n) is 19.3. The van der Waals surface area contributed by atoms with Crippen LogP contribution in [0.4, 0.5) is 0 Å². The molecule has 2 N–H and O–H groups in total. The Balaban J connectivity index is 1.49. The lowest BCUT2D eigenvalue weighted by Crippen LogP contribution is -2.32. The second-order valence-corrected chi connectivity index (χ2v) is 10.1. The lowest BCUT2D eigenvalue weighted by Gasteiger charge is -2.16. The second kappa shape index (κ2) is 9.23. The molecule has 0 fully saturated rings. The van der Waals surface area contributed by atoms with Crippen molar-refractivity contribution in [2.24, 2.45) is 4.99 Å². The van der Waals surface area contributed by atoms with Crippen molar-refractivity contribution >= 4 is 34.6 Å². The minimum absolute atomic E-state index is 0.0163. The Hall–Kier alpha value is -3.17. The molecule has 2 aliphatic heterocycles. The van der Waals surface area contributed by atoms with Gasteiger partial charge in [-0.25, -0.2) is 0 Å². The number of hydrogen-bond donors (Lipinski definition) is 2. The lowest BCUT2D eigenvalue weighted by atomic mass is 10.00. The fourth-order valence-corrected chi connectivity index (χ4v) is 5.55. The van der Waals surface area contributed by atoms with Gasteiger partial charge in [0.15, 0.2) is 5.82 Å². The molecular weight excluding hydrogens is 470 g/mol. The summed E-state index contributed by atoms with van der Waals surface area (Å²) in [6, 6.07) is 7.36. The van der Waals surface area contributed by atoms with Crippen molar-refractivity contribution in [3.63, 3.8) is 0 Å². The Bertz CT molecular complexity index is 1290. The number of fused-ring (bicyclic) bond motifs is 3. The molecule has 1 amide bonds. The van der Waals surface area contributed by atoms with Crippen LogP contribution in [0.2, 0.25) is 5.02 Å². The van der Waals surface area contributed by atoms with E-state index in [0.29, 0.717) is 24.5 Å². The topological polar surface area (TPSA) is 87.4 Å². The molecule has 10 heteroatoms. The molecule has 0 bridgehead atoms. The van der Waals surface area contributed by atoms with Gasteiger partial charge < -0.3 is 15.5 Å². The van der Waals surface area contributed by atoms with Crippen LogP contribution >= 0.6 is 22.9 Å². The average Bonchev–Trinajstić information content (AvgIpc) is 3.52. The Morgan fingerprint density at radius 3 is 2.76 bits per heavy atom. The number of aliphatic imine (C=N–C) groups is 1. The van der Waals surface area contributed by atoms with Crippen molar-refractivity contribution in [3.05, 3.63) is 74.9 Å². The maximum Gasteiger partial charge on any atom is 0.221 e. The largest absolute Gasteiger partial charge is 0.373 e. The zero-order chi connectivity index (χ0) is 23.8. The number of hydrogen-bond acceptors (Lipinski definition) is 7. The van der Waals surface area contributed by atoms with Crippen LogP contribution in [0.1, 0.15) is 45.7 Å². The first-order chi connectivity index (χ1) is 16.4. The summed E-state index contributed by atoms with van der Waals surface area (Å²) in [5, 5.41) is 16.7. The molecule has 0 spiro atoms. The van der Waals surface area contributed by atoms with Crippen molar-refractivity contribution in [2.75, 3.05) is 19.8 Å². The molecule has 1 unspecified atom stereocenters. The van der Waals surface area contributed by atoms with Crippen molar-refractivity contribution in [1.29, 1.82) is 0 Å². The third-order valence-electron chi connectivity index (χ3n) is 6.17. The molecule has 176 valence electrons. The van der Waals surface area contributed by atoms with Gasteiger partial charge in [-0.1, -0.05) is 23.7 Å². The number of nitrogens with zero attached hydrogens (tertiary/aromatic N) is 5. The minimum atomic E-state index is -0.372. The van der Waals surface area contributed by atoms with Crippen LogP contribution in [-0.4, -0.2) is 51.0 Å². The normalized spacial score (nSPS) is 16.5. The first-order valence-electron chi connectivity index (χ1n) is 11.2. The average molecular weight is 496 g/mol. The molecule has 34 heavy (non-hydrogen) atoms. The fourth-order valence-electron chi connectivity index (χ4n) is 4.21. The quantitative estimate of drug-likeness (QED) is 0.545. The maximum atomic E-state index is 12.6. The van der Waals surface area contributed by atoms with Gasteiger partial charge in [-0.15, -0.1) is 21.5 Å². The van der Waals surface area contributed by atoms with E-state index in [1.54, 1.807) is 11.3 Å². The number of halogens is 1. The summed E-state index contributed by atoms with van der Waals surface area (Å²) in [6.45, 7) is 7.92. The van der Waals surface area contributed by atoms with Gasteiger partial charge in [-0.2, -0.15) is 0 Å². The van der Waals surface area contributed by atoms with Gasteiger partial charge in [-0.3, -0.25) is 14.4 Å². The highest BCUT2D eigenvalue weighted by atomic mass is 35.5. The number of amides is 1. The lowest BCUT2D eigenvalue weighted by molar-refractivity contribution is -0.121. The third kappa shape index (κ3) is 4.21. The number of benzene rings is 1. The molecular formula is C24H26ClN7OS. The van der Waals surface area contributed by atoms with Crippen LogP contribution < -0.4 is 10.6 Å². The van der Waals surface area contributed by atoms with Gasteiger partial charge in [0.1, 0.15) is 16.9 Å². The van der Waals surface area contributed by atoms with Crippen LogP contribution in [-0.2, 0) is 4.79 Å². The fraction of sp³-hybridized carbons (Fsp3) is 0.333. The van der Waals surface area contributed by atoms with Crippen LogP contribution in [0.25, 0.3) is 5.00 Å². The molecule has 1 aromatic carbocycles. The molecule has 0 radical (unpaired) electrons. The molecule has 0 saturated carbocycles. The Morgan fingerprint density at radius 2 is 2.03 bits per heavy atom. The maximum absolute atomic E-state index is 12.6. The van der Waals surface area contributed by atoms with Gasteiger partial charge in [0.2, 0.25) is 5.91 Å². The van der Waals surface area contributed by atoms with E-state index < -0.39 is 0 Å². The molecule has 3 aromatic rings. The molecule has 8 nitrogen and oxygen atoms in total. The summed E-state index contributed by atoms with van der Waals surface area (Å²) in [4.78, 5) is 21.1. The van der Waals surface area contributed by atoms with Gasteiger partial charge in [0.25, 0.3) is 0 Å². The van der Waals surface area contributed by atoms with Gasteiger partial charge in [0, 0.05) is 52.9 Å². The summed E-state index contributed by atoms with van der Waals surface area (Å²) in [6.07, 6.45) is 4.24. The number of carbonyl (C=O) groups is 1. The van der Waals surface area contributed by atoms with E-state index >= 15 is 0 Å². The van der Waals surface area contributed by atoms with E-state index in [0.717, 1.165) is 40.2 Å². The molecule has 5 rings (SSSR count). The van der Waals surface area contributed by atoms with E-state index in [2.05, 4.69) is 44.1 Å². The SMILES string of the molecule is Cc1sc2c(c1C)C(c1ccc(Cl)cc1)=NC(CNC(=O)CCN1C=CNC1)c1nnc(C)n1-2. The predicted octanol–water partition coefficient (Wildman–Crippen LogP) is 3.64. The van der Waals surface area contributed by atoms with E-state index in [1.165, 1.54) is 10.4 Å². The van der Waals surface area contributed by atoms with Gasteiger partial charge in [-0.05, 0) is 38.5 Å². The van der Waals surface area contributed by atoms with Crippen molar-refractivity contribution in [2.45, 2.75) is 33.2 Å². The van der Waals surface area contributed by atoms with Crippen molar-refractivity contribution in [1.82, 2.24) is 30.3 Å². The first kappa shape index (κ1) is 22.6. The van der Waals surface area contributed by atoms with Crippen LogP contribution in [0.15, 0.2) is 41.7 Å². The Kier molecular flexibility index (Phi) is 6.14. The summed E-state index contributed by atoms with van der Waals surface area (Å²) in [5.41, 5.74) is 4.12. The standard InChI is InChI=1S/C24H26ClN7OS/c1-14-15(2)34-24-21(14)22(17-4-6-18(25)7-5-17)28-19(23-30-29-16(3)32(23)24)12-27-20(33)8-10-31-11-9-26-13-31/h4-7,9,11,19,26H,8,10,12-13H2,1-3H3,(H,27,33). The van der Waals surface area contributed by atoms with Crippen molar-refractivity contribution < 1.29 is 4.79 Å². The Labute approximate surface area is 207 Å². The smallest absolute Gasteiger partial charge is 0.221 e. The van der Waals surface area contributed by atoms with Crippen LogP contribution in [0.5, 0.6) is 0 Å². The molecule has 0 aliphatic carbocycles. The highest BCUT2D eigenvalue weighted by molar-refractivity contribution is 7.15. The molecule has 2 aromatic heterocycles. The summed E-state index contributed by atoms with van der Waals surface area (Å²) < 4.78 is 2.09. The molecule has 4 heterocycles. The number of rotatable bonds is 6. The highest BCUT2D eigenvalue weighted by Crippen LogP contribution is 2.38. The third-order valence-corrected chi connectivity index (χ3v) is 7.62. The highest BCUT2D eigenvalue weighted by Gasteiger charge is 2.31.